The number of carbonyl (C=O) groups is 2. The third kappa shape index (κ3) is 4.22. The van der Waals surface area contributed by atoms with Gasteiger partial charge in [0.25, 0.3) is 5.91 Å². The Morgan fingerprint density at radius 2 is 1.76 bits per heavy atom. The van der Waals surface area contributed by atoms with Crippen LogP contribution in [0.5, 0.6) is 0 Å². The number of piperazine rings is 1. The van der Waals surface area contributed by atoms with Crippen LogP contribution in [-0.2, 0) is 4.79 Å². The molecule has 0 spiro atoms. The summed E-state index contributed by atoms with van der Waals surface area (Å²) in [6, 6.07) is 18.4. The van der Waals surface area contributed by atoms with Crippen LogP contribution in [-0.4, -0.2) is 63.1 Å². The van der Waals surface area contributed by atoms with Gasteiger partial charge in [-0.1, -0.05) is 53.7 Å². The summed E-state index contributed by atoms with van der Waals surface area (Å²) >= 11 is 0. The average Bonchev–Trinajstić information content (AvgIpc) is 3.46. The smallest absolute Gasteiger partial charge is 0.275 e. The number of para-hydroxylation sites is 1. The SMILES string of the molecule is Cc1cc(NC(=O)[C@@H](c2ccccc2)N2CCN(C(=O)c3n[nH]c4ccccc34)CC2)no1. The third-order valence-corrected chi connectivity index (χ3v) is 5.88. The molecule has 0 bridgehead atoms. The maximum absolute atomic E-state index is 13.2. The highest BCUT2D eigenvalue weighted by atomic mass is 16.5. The van der Waals surface area contributed by atoms with Gasteiger partial charge < -0.3 is 14.7 Å². The molecule has 1 aliphatic heterocycles. The molecule has 4 aromatic rings. The van der Waals surface area contributed by atoms with Gasteiger partial charge >= 0.3 is 0 Å². The Kier molecular flexibility index (Phi) is 5.62. The normalized spacial score (nSPS) is 15.5. The van der Waals surface area contributed by atoms with Crippen molar-refractivity contribution in [1.29, 1.82) is 0 Å². The summed E-state index contributed by atoms with van der Waals surface area (Å²) in [5.41, 5.74) is 2.15. The molecule has 2 amide bonds. The first kappa shape index (κ1) is 20.9. The minimum atomic E-state index is -0.508. The predicted molar refractivity (Wildman–Crippen MR) is 123 cm³/mol. The molecule has 1 saturated heterocycles. The Labute approximate surface area is 190 Å². The molecule has 0 radical (unpaired) electrons. The zero-order valence-corrected chi connectivity index (χ0v) is 18.2. The van der Waals surface area contributed by atoms with Gasteiger partial charge in [-0.3, -0.25) is 19.6 Å². The highest BCUT2D eigenvalue weighted by molar-refractivity contribution is 6.04. The fraction of sp³-hybridized carbons (Fsp3) is 0.250. The topological polar surface area (TPSA) is 107 Å². The zero-order valence-electron chi connectivity index (χ0n) is 18.2. The standard InChI is InChI=1S/C24H24N6O3/c1-16-15-20(28-33-16)25-23(31)22(17-7-3-2-4-8-17)29-11-13-30(14-12-29)24(32)21-18-9-5-6-10-19(18)26-27-21/h2-10,15,22H,11-14H2,1H3,(H,26,27)(H,25,28,31)/t22-/m1/s1. The summed E-state index contributed by atoms with van der Waals surface area (Å²) in [5.74, 6) is 0.718. The molecule has 0 saturated carbocycles. The van der Waals surface area contributed by atoms with Crippen LogP contribution in [0.25, 0.3) is 10.9 Å². The second-order valence-electron chi connectivity index (χ2n) is 8.07. The van der Waals surface area contributed by atoms with E-state index in [4.69, 9.17) is 4.52 Å². The fourth-order valence-electron chi connectivity index (χ4n) is 4.24. The molecule has 1 aliphatic rings. The molecule has 1 atom stereocenters. The molecule has 1 fully saturated rings. The van der Waals surface area contributed by atoms with E-state index in [1.807, 2.05) is 54.6 Å². The van der Waals surface area contributed by atoms with E-state index in [0.29, 0.717) is 43.5 Å². The van der Waals surface area contributed by atoms with Gasteiger partial charge in [-0.15, -0.1) is 0 Å². The molecule has 9 nitrogen and oxygen atoms in total. The van der Waals surface area contributed by atoms with Gasteiger partial charge in [0.1, 0.15) is 11.8 Å². The fourth-order valence-corrected chi connectivity index (χ4v) is 4.24. The average molecular weight is 444 g/mol. The number of aromatic nitrogens is 3. The number of hydrogen-bond donors (Lipinski definition) is 2. The van der Waals surface area contributed by atoms with Gasteiger partial charge in [0.2, 0.25) is 5.91 Å². The molecule has 2 N–H and O–H groups in total. The maximum atomic E-state index is 13.2. The highest BCUT2D eigenvalue weighted by Gasteiger charge is 2.33. The number of fused-ring (bicyclic) bond motifs is 1. The second kappa shape index (κ2) is 8.87. The minimum absolute atomic E-state index is 0.106. The van der Waals surface area contributed by atoms with Crippen molar-refractivity contribution >= 4 is 28.5 Å². The quantitative estimate of drug-likeness (QED) is 0.490. The number of amides is 2. The van der Waals surface area contributed by atoms with Crippen LogP contribution < -0.4 is 5.32 Å². The van der Waals surface area contributed by atoms with Gasteiger partial charge in [0.05, 0.1) is 5.52 Å². The minimum Gasteiger partial charge on any atom is -0.360 e. The Balaban J connectivity index is 1.32. The zero-order chi connectivity index (χ0) is 22.8. The molecular formula is C24H24N6O3. The van der Waals surface area contributed by atoms with Crippen molar-refractivity contribution in [1.82, 2.24) is 25.2 Å². The van der Waals surface area contributed by atoms with Gasteiger partial charge in [0, 0.05) is 37.6 Å². The van der Waals surface area contributed by atoms with Gasteiger partial charge in [-0.2, -0.15) is 5.10 Å². The number of anilines is 1. The Morgan fingerprint density at radius 1 is 1.03 bits per heavy atom. The van der Waals surface area contributed by atoms with Crippen molar-refractivity contribution in [2.75, 3.05) is 31.5 Å². The first-order valence-electron chi connectivity index (χ1n) is 10.9. The molecule has 0 aliphatic carbocycles. The first-order valence-corrected chi connectivity index (χ1v) is 10.9. The summed E-state index contributed by atoms with van der Waals surface area (Å²) in [7, 11) is 0. The first-order chi connectivity index (χ1) is 16.1. The number of aryl methyl sites for hydroxylation is 1. The lowest BCUT2D eigenvalue weighted by Crippen LogP contribution is -2.51. The van der Waals surface area contributed by atoms with E-state index in [0.717, 1.165) is 16.5 Å². The van der Waals surface area contributed by atoms with Crippen molar-refractivity contribution < 1.29 is 14.1 Å². The number of rotatable bonds is 5. The molecule has 2 aromatic carbocycles. The van der Waals surface area contributed by atoms with E-state index in [2.05, 4.69) is 25.6 Å². The second-order valence-corrected chi connectivity index (χ2v) is 8.07. The number of nitrogens with zero attached hydrogens (tertiary/aromatic N) is 4. The third-order valence-electron chi connectivity index (χ3n) is 5.88. The molecule has 168 valence electrons. The van der Waals surface area contributed by atoms with Crippen LogP contribution in [0.2, 0.25) is 0 Å². The van der Waals surface area contributed by atoms with Crippen LogP contribution in [0.15, 0.2) is 65.2 Å². The maximum Gasteiger partial charge on any atom is 0.275 e. The van der Waals surface area contributed by atoms with Crippen molar-refractivity contribution in [3.05, 3.63) is 77.7 Å². The van der Waals surface area contributed by atoms with Crippen molar-refractivity contribution in [2.24, 2.45) is 0 Å². The summed E-state index contributed by atoms with van der Waals surface area (Å²) in [5, 5.41) is 14.7. The number of hydrogen-bond acceptors (Lipinski definition) is 6. The molecule has 3 heterocycles. The van der Waals surface area contributed by atoms with E-state index in [-0.39, 0.29) is 11.8 Å². The number of nitrogens with one attached hydrogen (secondary N) is 2. The van der Waals surface area contributed by atoms with Gasteiger partial charge in [0.15, 0.2) is 11.5 Å². The lowest BCUT2D eigenvalue weighted by molar-refractivity contribution is -0.122. The lowest BCUT2D eigenvalue weighted by atomic mass is 10.0. The van der Waals surface area contributed by atoms with Crippen LogP contribution in [0.3, 0.4) is 0 Å². The van der Waals surface area contributed by atoms with Gasteiger partial charge in [-0.05, 0) is 18.6 Å². The van der Waals surface area contributed by atoms with Crippen molar-refractivity contribution in [2.45, 2.75) is 13.0 Å². The number of carbonyl (C=O) groups excluding carboxylic acids is 2. The summed E-state index contributed by atoms with van der Waals surface area (Å²) in [6.07, 6.45) is 0. The number of H-pyrrole nitrogens is 1. The molecule has 33 heavy (non-hydrogen) atoms. The Morgan fingerprint density at radius 3 is 2.48 bits per heavy atom. The summed E-state index contributed by atoms with van der Waals surface area (Å²) in [4.78, 5) is 30.2. The predicted octanol–water partition coefficient (Wildman–Crippen LogP) is 3.00. The van der Waals surface area contributed by atoms with Crippen LogP contribution in [0.1, 0.15) is 27.9 Å². The van der Waals surface area contributed by atoms with E-state index < -0.39 is 6.04 Å². The molecule has 0 unspecified atom stereocenters. The van der Waals surface area contributed by atoms with E-state index >= 15 is 0 Å². The number of benzene rings is 2. The Hall–Kier alpha value is -3.98. The summed E-state index contributed by atoms with van der Waals surface area (Å²) < 4.78 is 5.07. The Bertz CT molecular complexity index is 1270. The molecule has 5 rings (SSSR count). The monoisotopic (exact) mass is 444 g/mol. The van der Waals surface area contributed by atoms with Crippen LogP contribution in [0, 0.1) is 6.92 Å². The van der Waals surface area contributed by atoms with E-state index in [1.54, 1.807) is 17.9 Å². The van der Waals surface area contributed by atoms with Crippen molar-refractivity contribution in [3.63, 3.8) is 0 Å². The van der Waals surface area contributed by atoms with E-state index in [9.17, 15) is 9.59 Å². The van der Waals surface area contributed by atoms with Crippen LogP contribution >= 0.6 is 0 Å². The molecule has 2 aromatic heterocycles. The summed E-state index contributed by atoms with van der Waals surface area (Å²) in [6.45, 7) is 3.88. The van der Waals surface area contributed by atoms with Crippen LogP contribution in [0.4, 0.5) is 5.82 Å². The lowest BCUT2D eigenvalue weighted by Gasteiger charge is -2.38. The largest absolute Gasteiger partial charge is 0.360 e. The van der Waals surface area contributed by atoms with E-state index in [1.165, 1.54) is 0 Å². The molecular weight excluding hydrogens is 420 g/mol. The highest BCUT2D eigenvalue weighted by Crippen LogP contribution is 2.25. The number of aromatic amines is 1. The van der Waals surface area contributed by atoms with Crippen molar-refractivity contribution in [3.8, 4) is 0 Å². The van der Waals surface area contributed by atoms with Gasteiger partial charge in [-0.25, -0.2) is 0 Å². The molecule has 9 heteroatoms.